The number of hydrogen-bond donors (Lipinski definition) is 3. The second-order valence-electron chi connectivity index (χ2n) is 8.23. The van der Waals surface area contributed by atoms with Gasteiger partial charge in [0, 0.05) is 52.8 Å². The van der Waals surface area contributed by atoms with Crippen LogP contribution in [0.25, 0.3) is 10.9 Å². The van der Waals surface area contributed by atoms with Crippen LogP contribution < -0.4 is 15.2 Å². The quantitative estimate of drug-likeness (QED) is 0.634. The smallest absolute Gasteiger partial charge is 0.250 e. The van der Waals surface area contributed by atoms with E-state index in [0.717, 1.165) is 54.0 Å². The summed E-state index contributed by atoms with van der Waals surface area (Å²) in [4.78, 5) is 16.9. The molecule has 6 heteroatoms. The van der Waals surface area contributed by atoms with Crippen molar-refractivity contribution in [3.8, 4) is 5.75 Å². The van der Waals surface area contributed by atoms with Gasteiger partial charge in [-0.15, -0.1) is 0 Å². The maximum absolute atomic E-state index is 12.2. The molecule has 2 aliphatic heterocycles. The average Bonchev–Trinajstić information content (AvgIpc) is 3.12. The fourth-order valence-electron chi connectivity index (χ4n) is 5.19. The Morgan fingerprint density at radius 1 is 1.32 bits per heavy atom. The summed E-state index contributed by atoms with van der Waals surface area (Å²) < 4.78 is 7.30. The number of nitrogens with one attached hydrogen (secondary N) is 2. The van der Waals surface area contributed by atoms with E-state index in [1.54, 1.807) is 13.2 Å². The molecule has 2 aliphatic rings. The molecule has 1 aromatic carbocycles. The van der Waals surface area contributed by atoms with Gasteiger partial charge in [-0.2, -0.15) is 0 Å². The minimum Gasteiger partial charge on any atom is -0.497 e. The monoisotopic (exact) mass is 380 g/mol. The molecule has 146 valence electrons. The normalized spacial score (nSPS) is 24.7. The molecule has 1 unspecified atom stereocenters. The van der Waals surface area contributed by atoms with Gasteiger partial charge in [0.05, 0.1) is 20.2 Å². The van der Waals surface area contributed by atoms with E-state index in [4.69, 9.17) is 4.74 Å². The Morgan fingerprint density at radius 3 is 3.07 bits per heavy atom. The van der Waals surface area contributed by atoms with Gasteiger partial charge in [-0.1, -0.05) is 6.07 Å². The third-order valence-corrected chi connectivity index (χ3v) is 6.43. The summed E-state index contributed by atoms with van der Waals surface area (Å²) in [5.41, 5.74) is 3.21. The fourth-order valence-corrected chi connectivity index (χ4v) is 5.19. The van der Waals surface area contributed by atoms with Crippen LogP contribution in [0.5, 0.6) is 5.75 Å². The van der Waals surface area contributed by atoms with Crippen molar-refractivity contribution >= 4 is 10.9 Å². The average molecular weight is 380 g/mol. The predicted octanol–water partition coefficient (Wildman–Crippen LogP) is 1.07. The summed E-state index contributed by atoms with van der Waals surface area (Å²) in [6, 6.07) is 11.5. The second-order valence-corrected chi connectivity index (χ2v) is 8.23. The zero-order valence-electron chi connectivity index (χ0n) is 16.0. The number of benzene rings is 1. The van der Waals surface area contributed by atoms with Crippen molar-refractivity contribution in [2.24, 2.45) is 5.92 Å². The lowest BCUT2D eigenvalue weighted by Gasteiger charge is -2.40. The van der Waals surface area contributed by atoms with Crippen molar-refractivity contribution in [3.05, 3.63) is 64.2 Å². The number of pyridine rings is 1. The van der Waals surface area contributed by atoms with Crippen LogP contribution in [0.1, 0.15) is 29.7 Å². The molecular formula is C22H26N3O3+. The van der Waals surface area contributed by atoms with Gasteiger partial charge in [0.25, 0.3) is 5.56 Å². The molecule has 0 radical (unpaired) electrons. The van der Waals surface area contributed by atoms with Crippen LogP contribution in [0.15, 0.2) is 47.4 Å². The van der Waals surface area contributed by atoms with E-state index < -0.39 is 6.10 Å². The molecule has 0 spiro atoms. The third-order valence-electron chi connectivity index (χ3n) is 6.43. The molecule has 2 bridgehead atoms. The highest BCUT2D eigenvalue weighted by atomic mass is 16.5. The molecule has 5 rings (SSSR count). The Labute approximate surface area is 163 Å². The Balaban J connectivity index is 1.37. The van der Waals surface area contributed by atoms with Crippen molar-refractivity contribution in [1.29, 1.82) is 0 Å². The Kier molecular flexibility index (Phi) is 4.25. The number of hydrogen-bond acceptors (Lipinski definition) is 3. The Bertz CT molecular complexity index is 1070. The number of methoxy groups -OCH3 is 1. The largest absolute Gasteiger partial charge is 0.497 e. The van der Waals surface area contributed by atoms with Gasteiger partial charge in [-0.05, 0) is 30.7 Å². The van der Waals surface area contributed by atoms with E-state index in [1.807, 2.05) is 35.0 Å². The van der Waals surface area contributed by atoms with Crippen LogP contribution in [0, 0.1) is 5.92 Å². The number of ether oxygens (including phenoxy) is 1. The highest BCUT2D eigenvalue weighted by molar-refractivity contribution is 5.85. The molecule has 2 aromatic heterocycles. The topological polar surface area (TPSA) is 71.7 Å². The number of aromatic amines is 1. The SMILES string of the molecule is COc1ccc2[nH]cc([C@H](O)C[NH+]3C[C@@H]4C[C@H](C3)c3cccc(=O)n3C4)c2c1. The number of rotatable bonds is 4. The van der Waals surface area contributed by atoms with Gasteiger partial charge in [0.2, 0.25) is 0 Å². The van der Waals surface area contributed by atoms with E-state index in [9.17, 15) is 9.90 Å². The van der Waals surface area contributed by atoms with Crippen molar-refractivity contribution in [3.63, 3.8) is 0 Å². The van der Waals surface area contributed by atoms with Gasteiger partial charge in [-0.3, -0.25) is 4.79 Å². The van der Waals surface area contributed by atoms with Gasteiger partial charge < -0.3 is 24.3 Å². The summed E-state index contributed by atoms with van der Waals surface area (Å²) in [5, 5.41) is 12.0. The number of H-pyrrole nitrogens is 1. The number of likely N-dealkylation sites (tertiary alicyclic amines) is 1. The summed E-state index contributed by atoms with van der Waals surface area (Å²) in [7, 11) is 1.66. The fraction of sp³-hybridized carbons (Fsp3) is 0.409. The molecule has 3 N–H and O–H groups in total. The standard InChI is InChI=1S/C22H25N3O3/c1-28-16-5-6-19-17(8-16)18(9-23-19)21(26)13-24-10-14-7-15(12-24)20-3-2-4-22(27)25(20)11-14/h2-6,8-9,14-15,21,23,26H,7,10-13H2,1H3/p+1/t14-,15+,21+/m0/s1. The Hall–Kier alpha value is -2.57. The number of aliphatic hydroxyl groups is 1. The maximum Gasteiger partial charge on any atom is 0.250 e. The number of aliphatic hydroxyl groups excluding tert-OH is 1. The van der Waals surface area contributed by atoms with Gasteiger partial charge in [0.1, 0.15) is 18.4 Å². The molecule has 3 aromatic rings. The zero-order valence-corrected chi connectivity index (χ0v) is 16.0. The number of nitrogens with zero attached hydrogens (tertiary/aromatic N) is 1. The van der Waals surface area contributed by atoms with Crippen molar-refractivity contribution in [2.45, 2.75) is 25.0 Å². The second kappa shape index (κ2) is 6.79. The lowest BCUT2D eigenvalue weighted by atomic mass is 9.83. The first-order valence-corrected chi connectivity index (χ1v) is 9.99. The van der Waals surface area contributed by atoms with Crippen molar-refractivity contribution in [2.75, 3.05) is 26.7 Å². The molecule has 0 amide bonds. The van der Waals surface area contributed by atoms with Crippen molar-refractivity contribution < 1.29 is 14.7 Å². The van der Waals surface area contributed by atoms with Gasteiger partial charge in [-0.25, -0.2) is 0 Å². The first-order chi connectivity index (χ1) is 13.6. The molecular weight excluding hydrogens is 354 g/mol. The maximum atomic E-state index is 12.2. The van der Waals surface area contributed by atoms with Crippen LogP contribution in [0.3, 0.4) is 0 Å². The van der Waals surface area contributed by atoms with E-state index in [-0.39, 0.29) is 5.56 Å². The summed E-state index contributed by atoms with van der Waals surface area (Å²) >= 11 is 0. The Morgan fingerprint density at radius 2 is 2.21 bits per heavy atom. The van der Waals surface area contributed by atoms with Gasteiger partial charge in [0.15, 0.2) is 0 Å². The van der Waals surface area contributed by atoms with E-state index in [1.165, 1.54) is 4.90 Å². The summed E-state index contributed by atoms with van der Waals surface area (Å²) in [6.45, 7) is 3.44. The first-order valence-electron chi connectivity index (χ1n) is 9.99. The van der Waals surface area contributed by atoms with Gasteiger partial charge >= 0.3 is 0 Å². The molecule has 4 atom stereocenters. The van der Waals surface area contributed by atoms with Crippen LogP contribution in [0.2, 0.25) is 0 Å². The number of quaternary nitrogens is 1. The third kappa shape index (κ3) is 2.93. The van der Waals surface area contributed by atoms with Crippen LogP contribution in [-0.2, 0) is 6.54 Å². The molecule has 0 saturated carbocycles. The van der Waals surface area contributed by atoms with Crippen LogP contribution in [-0.4, -0.2) is 41.4 Å². The number of piperidine rings is 1. The van der Waals surface area contributed by atoms with Crippen LogP contribution in [0.4, 0.5) is 0 Å². The predicted molar refractivity (Wildman–Crippen MR) is 107 cm³/mol. The minimum atomic E-state index is -0.535. The highest BCUT2D eigenvalue weighted by Gasteiger charge is 2.37. The van der Waals surface area contributed by atoms with E-state index >= 15 is 0 Å². The van der Waals surface area contributed by atoms with E-state index in [2.05, 4.69) is 11.1 Å². The lowest BCUT2D eigenvalue weighted by Crippen LogP contribution is -3.15. The molecule has 1 saturated heterocycles. The lowest BCUT2D eigenvalue weighted by molar-refractivity contribution is -0.914. The molecule has 0 aliphatic carbocycles. The molecule has 4 heterocycles. The zero-order chi connectivity index (χ0) is 19.3. The molecule has 28 heavy (non-hydrogen) atoms. The first kappa shape index (κ1) is 17.5. The van der Waals surface area contributed by atoms with E-state index in [0.29, 0.717) is 18.4 Å². The number of fused-ring (bicyclic) bond motifs is 5. The summed E-state index contributed by atoms with van der Waals surface area (Å²) in [5.74, 6) is 1.69. The van der Waals surface area contributed by atoms with Crippen LogP contribution >= 0.6 is 0 Å². The van der Waals surface area contributed by atoms with Crippen molar-refractivity contribution in [1.82, 2.24) is 9.55 Å². The minimum absolute atomic E-state index is 0.114. The molecule has 6 nitrogen and oxygen atoms in total. The number of aromatic nitrogens is 2. The highest BCUT2D eigenvalue weighted by Crippen LogP contribution is 2.31. The summed E-state index contributed by atoms with van der Waals surface area (Å²) in [6.07, 6.45) is 2.52. The molecule has 1 fully saturated rings.